The molecule has 0 spiro atoms. The lowest BCUT2D eigenvalue weighted by Gasteiger charge is -2.41. The molecule has 178 valence electrons. The van der Waals surface area contributed by atoms with Gasteiger partial charge in [0.25, 0.3) is 0 Å². The Bertz CT molecular complexity index is 496. The van der Waals surface area contributed by atoms with E-state index in [1.807, 2.05) is 0 Å². The van der Waals surface area contributed by atoms with Crippen LogP contribution in [0.15, 0.2) is 0 Å². The lowest BCUT2D eigenvalue weighted by atomic mass is 9.84. The largest absolute Gasteiger partial charge is 0.472 e. The molecule has 30 heavy (non-hydrogen) atoms. The molecule has 2 aliphatic carbocycles. The third kappa shape index (κ3) is 7.84. The Morgan fingerprint density at radius 1 is 0.800 bits per heavy atom. The van der Waals surface area contributed by atoms with Crippen LogP contribution in [0.1, 0.15) is 111 Å². The van der Waals surface area contributed by atoms with E-state index in [1.165, 1.54) is 50.6 Å². The van der Waals surface area contributed by atoms with Crippen molar-refractivity contribution < 1.29 is 18.5 Å². The van der Waals surface area contributed by atoms with Gasteiger partial charge in [-0.1, -0.05) is 47.0 Å². The third-order valence-corrected chi connectivity index (χ3v) is 14.8. The Morgan fingerprint density at radius 2 is 1.27 bits per heavy atom. The Labute approximate surface area is 187 Å². The number of hydrogen-bond acceptors (Lipinski definition) is 3. The van der Waals surface area contributed by atoms with E-state index in [2.05, 4.69) is 27.7 Å². The van der Waals surface area contributed by atoms with Crippen LogP contribution in [0.25, 0.3) is 0 Å². The first-order valence-corrected chi connectivity index (χ1v) is 16.9. The fourth-order valence-electron chi connectivity index (χ4n) is 6.49. The summed E-state index contributed by atoms with van der Waals surface area (Å²) >= 11 is 0. The number of rotatable bonds is 13. The van der Waals surface area contributed by atoms with Crippen LogP contribution in [0.2, 0.25) is 0 Å². The Kier molecular flexibility index (Phi) is 11.9. The van der Waals surface area contributed by atoms with E-state index in [0.29, 0.717) is 0 Å². The smallest absolute Gasteiger partial charge is 0.302 e. The van der Waals surface area contributed by atoms with Crippen molar-refractivity contribution in [2.45, 2.75) is 129 Å². The van der Waals surface area contributed by atoms with Crippen molar-refractivity contribution in [2.75, 3.05) is 18.5 Å². The van der Waals surface area contributed by atoms with E-state index in [1.54, 1.807) is 0 Å². The second-order valence-electron chi connectivity index (χ2n) is 9.84. The van der Waals surface area contributed by atoms with Crippen molar-refractivity contribution in [1.82, 2.24) is 0 Å². The second kappa shape index (κ2) is 13.3. The predicted octanol–water partition coefficient (Wildman–Crippen LogP) is 8.04. The maximum absolute atomic E-state index is 12.6. The van der Waals surface area contributed by atoms with Crippen molar-refractivity contribution in [3.8, 4) is 0 Å². The summed E-state index contributed by atoms with van der Waals surface area (Å²) in [4.78, 5) is 10.3. The van der Waals surface area contributed by atoms with Gasteiger partial charge in [-0.2, -0.15) is 0 Å². The molecule has 0 heterocycles. The van der Waals surface area contributed by atoms with E-state index in [-0.39, 0.29) is 12.2 Å². The second-order valence-corrected chi connectivity index (χ2v) is 15.6. The minimum Gasteiger partial charge on any atom is -0.302 e. The zero-order chi connectivity index (χ0) is 22.0. The first kappa shape index (κ1) is 26.8. The van der Waals surface area contributed by atoms with Crippen LogP contribution in [0.5, 0.6) is 0 Å². The van der Waals surface area contributed by atoms with Gasteiger partial charge in [-0.15, -0.1) is 0 Å². The van der Waals surface area contributed by atoms with Gasteiger partial charge >= 0.3 is 7.82 Å². The highest BCUT2D eigenvalue weighted by Crippen LogP contribution is 2.68. The molecule has 0 bridgehead atoms. The van der Waals surface area contributed by atoms with E-state index in [4.69, 9.17) is 9.05 Å². The summed E-state index contributed by atoms with van der Waals surface area (Å²) in [6.07, 6.45) is 18.6. The van der Waals surface area contributed by atoms with E-state index in [9.17, 15) is 9.46 Å². The Balaban J connectivity index is 1.93. The fraction of sp³-hybridized carbons (Fsp3) is 1.00. The molecule has 0 amide bonds. The molecule has 6 heteroatoms. The minimum atomic E-state index is -3.94. The average molecular weight is 464 g/mol. The minimum absolute atomic E-state index is 0.0991. The SMILES string of the molecule is CCC[P+](CCC)(CCC)C(CC)C1CCC(OP(=O)(O)OC2CCCCC2)CC1. The first-order chi connectivity index (χ1) is 14.4. The Hall–Kier alpha value is 0.540. The van der Waals surface area contributed by atoms with Crippen LogP contribution < -0.4 is 0 Å². The first-order valence-electron chi connectivity index (χ1n) is 12.9. The predicted molar refractivity (Wildman–Crippen MR) is 131 cm³/mol. The molecule has 0 aromatic rings. The number of phosphoric acid groups is 1. The van der Waals surface area contributed by atoms with E-state index >= 15 is 0 Å². The fourth-order valence-corrected chi connectivity index (χ4v) is 14.0. The van der Waals surface area contributed by atoms with E-state index < -0.39 is 15.1 Å². The quantitative estimate of drug-likeness (QED) is 0.281. The van der Waals surface area contributed by atoms with E-state index in [0.717, 1.165) is 62.9 Å². The topological polar surface area (TPSA) is 55.8 Å². The van der Waals surface area contributed by atoms with Gasteiger partial charge in [-0.3, -0.25) is 9.05 Å². The van der Waals surface area contributed by atoms with Gasteiger partial charge in [0.15, 0.2) is 0 Å². The molecule has 1 N–H and O–H groups in total. The molecule has 2 unspecified atom stereocenters. The zero-order valence-electron chi connectivity index (χ0n) is 20.2. The van der Waals surface area contributed by atoms with Gasteiger partial charge < -0.3 is 4.89 Å². The van der Waals surface area contributed by atoms with Crippen LogP contribution in [0.3, 0.4) is 0 Å². The Morgan fingerprint density at radius 3 is 1.70 bits per heavy atom. The molecule has 0 aromatic heterocycles. The number of hydrogen-bond donors (Lipinski definition) is 1. The van der Waals surface area contributed by atoms with Gasteiger partial charge in [-0.25, -0.2) is 4.57 Å². The van der Waals surface area contributed by atoms with Gasteiger partial charge in [0.1, 0.15) is 0 Å². The lowest BCUT2D eigenvalue weighted by Crippen LogP contribution is -2.33. The molecule has 4 nitrogen and oxygen atoms in total. The molecule has 0 radical (unpaired) electrons. The number of phosphoric ester groups is 1. The van der Waals surface area contributed by atoms with Crippen LogP contribution in [0.4, 0.5) is 0 Å². The van der Waals surface area contributed by atoms with Crippen LogP contribution in [-0.4, -0.2) is 41.2 Å². The molecule has 2 atom stereocenters. The molecule has 0 saturated heterocycles. The molecular formula is C24H49O4P2+. The van der Waals surface area contributed by atoms with Crippen LogP contribution in [0, 0.1) is 5.92 Å². The van der Waals surface area contributed by atoms with Gasteiger partial charge in [0.05, 0.1) is 36.4 Å². The van der Waals surface area contributed by atoms with Gasteiger partial charge in [0.2, 0.25) is 0 Å². The van der Waals surface area contributed by atoms with Crippen molar-refractivity contribution in [3.63, 3.8) is 0 Å². The third-order valence-electron chi connectivity index (χ3n) is 7.51. The molecular weight excluding hydrogens is 414 g/mol. The summed E-state index contributed by atoms with van der Waals surface area (Å²) < 4.78 is 23.7. The average Bonchev–Trinajstić information content (AvgIpc) is 2.70. The lowest BCUT2D eigenvalue weighted by molar-refractivity contribution is 0.0411. The maximum Gasteiger partial charge on any atom is 0.472 e. The molecule has 0 aliphatic heterocycles. The summed E-state index contributed by atoms with van der Waals surface area (Å²) in [5.41, 5.74) is 0.873. The van der Waals surface area contributed by atoms with Crippen molar-refractivity contribution in [1.29, 1.82) is 0 Å². The molecule has 0 aromatic carbocycles. The summed E-state index contributed by atoms with van der Waals surface area (Å²) in [6.45, 7) is 9.50. The highest BCUT2D eigenvalue weighted by Gasteiger charge is 2.47. The summed E-state index contributed by atoms with van der Waals surface area (Å²) in [7, 11) is -4.87. The van der Waals surface area contributed by atoms with Crippen molar-refractivity contribution in [3.05, 3.63) is 0 Å². The van der Waals surface area contributed by atoms with Gasteiger partial charge in [0, 0.05) is 7.26 Å². The molecule has 2 fully saturated rings. The highest BCUT2D eigenvalue weighted by molar-refractivity contribution is 7.76. The standard InChI is InChI=1S/C24H48O4P2/c1-5-18-29(19-6-2,20-7-3)24(8-4)21-14-16-23(17-15-21)28-30(25,26)27-22-12-10-9-11-13-22/h21-24H,5-20H2,1-4H3/p+1. The molecule has 2 saturated carbocycles. The molecule has 2 rings (SSSR count). The molecule has 2 aliphatic rings. The maximum atomic E-state index is 12.6. The van der Waals surface area contributed by atoms with Crippen molar-refractivity contribution >= 4 is 15.1 Å². The summed E-state index contributed by atoms with van der Waals surface area (Å²) in [6, 6.07) is 0. The van der Waals surface area contributed by atoms with Crippen LogP contribution >= 0.6 is 15.1 Å². The summed E-state index contributed by atoms with van der Waals surface area (Å²) in [5.74, 6) is 0.769. The van der Waals surface area contributed by atoms with Crippen molar-refractivity contribution in [2.24, 2.45) is 5.92 Å². The highest BCUT2D eigenvalue weighted by atomic mass is 31.2. The zero-order valence-corrected chi connectivity index (χ0v) is 22.0. The normalized spacial score (nSPS) is 27.0. The summed E-state index contributed by atoms with van der Waals surface area (Å²) in [5, 5.41) is 0. The van der Waals surface area contributed by atoms with Crippen LogP contribution in [-0.2, 0) is 13.6 Å². The van der Waals surface area contributed by atoms with Gasteiger partial charge in [-0.05, 0) is 70.1 Å². The monoisotopic (exact) mass is 463 g/mol.